The minimum absolute atomic E-state index is 0.0906. The van der Waals surface area contributed by atoms with Crippen LogP contribution in [-0.4, -0.2) is 30.0 Å². The number of urea groups is 1. The van der Waals surface area contributed by atoms with E-state index in [0.717, 1.165) is 29.2 Å². The van der Waals surface area contributed by atoms with Gasteiger partial charge in [-0.25, -0.2) is 4.79 Å². The summed E-state index contributed by atoms with van der Waals surface area (Å²) in [6.07, 6.45) is 1.94. The lowest BCUT2D eigenvalue weighted by molar-refractivity contribution is 0.206. The molecule has 0 saturated heterocycles. The number of rotatable bonds is 6. The van der Waals surface area contributed by atoms with Crippen LogP contribution >= 0.6 is 23.4 Å². The van der Waals surface area contributed by atoms with Crippen LogP contribution in [-0.2, 0) is 0 Å². The molecule has 0 aromatic heterocycles. The highest BCUT2D eigenvalue weighted by Crippen LogP contribution is 2.44. The molecule has 1 saturated carbocycles. The Morgan fingerprint density at radius 1 is 1.50 bits per heavy atom. The van der Waals surface area contributed by atoms with Gasteiger partial charge in [0.1, 0.15) is 0 Å². The summed E-state index contributed by atoms with van der Waals surface area (Å²) in [5, 5.41) is 15.4. The fourth-order valence-electron chi connectivity index (χ4n) is 1.88. The van der Waals surface area contributed by atoms with Crippen LogP contribution in [0.2, 0.25) is 5.02 Å². The molecule has 6 heteroatoms. The van der Waals surface area contributed by atoms with Crippen LogP contribution in [0.25, 0.3) is 0 Å². The summed E-state index contributed by atoms with van der Waals surface area (Å²) in [4.78, 5) is 12.9. The molecule has 1 aliphatic rings. The van der Waals surface area contributed by atoms with E-state index in [-0.39, 0.29) is 18.1 Å². The fourth-order valence-corrected chi connectivity index (χ4v) is 2.80. The van der Waals surface area contributed by atoms with Gasteiger partial charge in [-0.05, 0) is 36.8 Å². The van der Waals surface area contributed by atoms with E-state index in [2.05, 4.69) is 17.6 Å². The molecular weight excluding hydrogens is 296 g/mol. The molecule has 0 radical (unpaired) electrons. The average molecular weight is 315 g/mol. The van der Waals surface area contributed by atoms with E-state index >= 15 is 0 Å². The number of halogens is 1. The zero-order valence-electron chi connectivity index (χ0n) is 11.4. The molecule has 20 heavy (non-hydrogen) atoms. The lowest BCUT2D eigenvalue weighted by Gasteiger charge is -2.15. The molecule has 0 spiro atoms. The van der Waals surface area contributed by atoms with E-state index in [9.17, 15) is 9.90 Å². The summed E-state index contributed by atoms with van der Waals surface area (Å²) in [5.41, 5.74) is 0.628. The molecule has 1 fully saturated rings. The van der Waals surface area contributed by atoms with Gasteiger partial charge < -0.3 is 15.7 Å². The topological polar surface area (TPSA) is 61.4 Å². The van der Waals surface area contributed by atoms with Crippen molar-refractivity contribution in [1.82, 2.24) is 5.32 Å². The van der Waals surface area contributed by atoms with E-state index in [1.54, 1.807) is 17.8 Å². The standard InChI is InChI=1S/C14H19ClN2O2S/c1-2-20-12-4-3-10(15)7-11(12)17-13(19)16-8-14(9-18)5-6-14/h3-4,7,18H,2,5-6,8-9H2,1H3,(H2,16,17,19). The number of carbonyl (C=O) groups is 1. The van der Waals surface area contributed by atoms with Gasteiger partial charge in [0.2, 0.25) is 0 Å². The summed E-state index contributed by atoms with van der Waals surface area (Å²) in [7, 11) is 0. The Kier molecular flexibility index (Phi) is 5.18. The first kappa shape index (κ1) is 15.5. The minimum atomic E-state index is -0.259. The second kappa shape index (κ2) is 6.70. The molecule has 2 rings (SSSR count). The van der Waals surface area contributed by atoms with Crippen molar-refractivity contribution in [3.63, 3.8) is 0 Å². The van der Waals surface area contributed by atoms with Gasteiger partial charge in [0, 0.05) is 21.9 Å². The molecule has 0 bridgehead atoms. The van der Waals surface area contributed by atoms with Crippen molar-refractivity contribution in [2.75, 3.05) is 24.2 Å². The highest BCUT2D eigenvalue weighted by molar-refractivity contribution is 7.99. The Morgan fingerprint density at radius 2 is 2.25 bits per heavy atom. The number of amides is 2. The molecule has 4 nitrogen and oxygen atoms in total. The zero-order chi connectivity index (χ0) is 14.6. The summed E-state index contributed by atoms with van der Waals surface area (Å²) >= 11 is 7.62. The van der Waals surface area contributed by atoms with Gasteiger partial charge in [0.25, 0.3) is 0 Å². The van der Waals surface area contributed by atoms with E-state index in [4.69, 9.17) is 11.6 Å². The molecule has 110 valence electrons. The van der Waals surface area contributed by atoms with Crippen molar-refractivity contribution in [2.24, 2.45) is 5.41 Å². The average Bonchev–Trinajstić information content (AvgIpc) is 3.20. The van der Waals surface area contributed by atoms with Crippen molar-refractivity contribution in [2.45, 2.75) is 24.7 Å². The predicted octanol–water partition coefficient (Wildman–Crippen LogP) is 3.35. The first-order chi connectivity index (χ1) is 9.58. The van der Waals surface area contributed by atoms with Crippen molar-refractivity contribution < 1.29 is 9.90 Å². The number of hydrogen-bond donors (Lipinski definition) is 3. The minimum Gasteiger partial charge on any atom is -0.396 e. The van der Waals surface area contributed by atoms with Crippen molar-refractivity contribution in [1.29, 1.82) is 0 Å². The van der Waals surface area contributed by atoms with E-state index < -0.39 is 0 Å². The predicted molar refractivity (Wildman–Crippen MR) is 83.6 cm³/mol. The molecule has 0 aliphatic heterocycles. The Bertz CT molecular complexity index is 492. The number of benzene rings is 1. The van der Waals surface area contributed by atoms with E-state index in [0.29, 0.717) is 11.6 Å². The van der Waals surface area contributed by atoms with Crippen LogP contribution in [0, 0.1) is 5.41 Å². The number of aliphatic hydroxyl groups is 1. The smallest absolute Gasteiger partial charge is 0.319 e. The van der Waals surface area contributed by atoms with Crippen LogP contribution < -0.4 is 10.6 Å². The summed E-state index contributed by atoms with van der Waals surface area (Å²) < 4.78 is 0. The third-order valence-electron chi connectivity index (χ3n) is 3.41. The number of anilines is 1. The highest BCUT2D eigenvalue weighted by atomic mass is 35.5. The SMILES string of the molecule is CCSc1ccc(Cl)cc1NC(=O)NCC1(CO)CC1. The second-order valence-corrected chi connectivity index (χ2v) is 6.78. The van der Waals surface area contributed by atoms with Crippen LogP contribution in [0.4, 0.5) is 10.5 Å². The van der Waals surface area contributed by atoms with Crippen molar-refractivity contribution >= 4 is 35.1 Å². The fraction of sp³-hybridized carbons (Fsp3) is 0.500. The molecule has 1 aliphatic carbocycles. The summed E-state index contributed by atoms with van der Waals surface area (Å²) in [6, 6.07) is 5.21. The van der Waals surface area contributed by atoms with Crippen LogP contribution in [0.5, 0.6) is 0 Å². The van der Waals surface area contributed by atoms with Gasteiger partial charge in [-0.1, -0.05) is 18.5 Å². The quantitative estimate of drug-likeness (QED) is 0.706. The van der Waals surface area contributed by atoms with Gasteiger partial charge in [-0.15, -0.1) is 11.8 Å². The maximum absolute atomic E-state index is 11.9. The molecule has 1 aromatic carbocycles. The molecule has 1 aromatic rings. The van der Waals surface area contributed by atoms with Gasteiger partial charge >= 0.3 is 6.03 Å². The second-order valence-electron chi connectivity index (χ2n) is 5.04. The molecule has 3 N–H and O–H groups in total. The number of hydrogen-bond acceptors (Lipinski definition) is 3. The molecule has 0 atom stereocenters. The Labute approximate surface area is 128 Å². The monoisotopic (exact) mass is 314 g/mol. The molecular formula is C14H19ClN2O2S. The number of thioether (sulfide) groups is 1. The molecule has 0 unspecified atom stereocenters. The van der Waals surface area contributed by atoms with Crippen LogP contribution in [0.3, 0.4) is 0 Å². The van der Waals surface area contributed by atoms with Gasteiger partial charge in [-0.3, -0.25) is 0 Å². The first-order valence-corrected chi connectivity index (χ1v) is 8.03. The van der Waals surface area contributed by atoms with Crippen LogP contribution in [0.1, 0.15) is 19.8 Å². The van der Waals surface area contributed by atoms with Gasteiger partial charge in [0.05, 0.1) is 12.3 Å². The van der Waals surface area contributed by atoms with E-state index in [1.807, 2.05) is 12.1 Å². The normalized spacial score (nSPS) is 15.8. The Balaban J connectivity index is 1.94. The van der Waals surface area contributed by atoms with Crippen LogP contribution in [0.15, 0.2) is 23.1 Å². The molecule has 0 heterocycles. The molecule has 2 amide bonds. The summed E-state index contributed by atoms with van der Waals surface area (Å²) in [6.45, 7) is 2.69. The van der Waals surface area contributed by atoms with Crippen molar-refractivity contribution in [3.05, 3.63) is 23.2 Å². The third-order valence-corrected chi connectivity index (χ3v) is 4.60. The number of nitrogens with one attached hydrogen (secondary N) is 2. The van der Waals surface area contributed by atoms with Crippen molar-refractivity contribution in [3.8, 4) is 0 Å². The Hall–Kier alpha value is -0.910. The van der Waals surface area contributed by atoms with E-state index in [1.165, 1.54) is 0 Å². The Morgan fingerprint density at radius 3 is 2.85 bits per heavy atom. The van der Waals surface area contributed by atoms with Gasteiger partial charge in [-0.2, -0.15) is 0 Å². The maximum atomic E-state index is 11.9. The number of aliphatic hydroxyl groups excluding tert-OH is 1. The summed E-state index contributed by atoms with van der Waals surface area (Å²) in [5.74, 6) is 0.922. The zero-order valence-corrected chi connectivity index (χ0v) is 13.0. The third kappa shape index (κ3) is 4.04. The van der Waals surface area contributed by atoms with Gasteiger partial charge in [0.15, 0.2) is 0 Å². The largest absolute Gasteiger partial charge is 0.396 e. The highest BCUT2D eigenvalue weighted by Gasteiger charge is 2.42. The lowest BCUT2D eigenvalue weighted by Crippen LogP contribution is -2.35. The number of carbonyl (C=O) groups excluding carboxylic acids is 1. The first-order valence-electron chi connectivity index (χ1n) is 6.67. The maximum Gasteiger partial charge on any atom is 0.319 e. The lowest BCUT2D eigenvalue weighted by atomic mass is 10.1.